The van der Waals surface area contributed by atoms with Crippen LogP contribution in [0.5, 0.6) is 0 Å². The summed E-state index contributed by atoms with van der Waals surface area (Å²) in [6.07, 6.45) is 2.98. The molecule has 0 aliphatic carbocycles. The standard InChI is InChI=1S/C29H28N2O2/c1-4-11-28(32)30-29(33)31(20(2)24-18-9-14-22-12-5-7-16-26(22)24)21(3)25-19-10-15-23-13-6-8-17-27(23)25/h4-21H,1-3H3,(H,30,32,33)/b11-4+/t20-,21-/m0/s1. The Morgan fingerprint density at radius 1 is 0.727 bits per heavy atom. The number of carbonyl (C=O) groups excluding carboxylic acids is 2. The molecule has 0 spiro atoms. The summed E-state index contributed by atoms with van der Waals surface area (Å²) in [5.41, 5.74) is 2.07. The lowest BCUT2D eigenvalue weighted by atomic mass is 9.94. The highest BCUT2D eigenvalue weighted by atomic mass is 16.2. The SMILES string of the molecule is C/C=C/C(=O)NC(=O)N([C@@H](C)c1cccc2ccccc12)[C@@H](C)c1cccc2ccccc12. The van der Waals surface area contributed by atoms with Gasteiger partial charge in [-0.15, -0.1) is 0 Å². The van der Waals surface area contributed by atoms with Gasteiger partial charge in [0.25, 0.3) is 5.91 Å². The summed E-state index contributed by atoms with van der Waals surface area (Å²) in [5, 5.41) is 6.96. The molecular formula is C29H28N2O2. The van der Waals surface area contributed by atoms with Crippen LogP contribution >= 0.6 is 0 Å². The minimum atomic E-state index is -0.428. The molecule has 3 amide bonds. The van der Waals surface area contributed by atoms with Crippen LogP contribution < -0.4 is 5.32 Å². The summed E-state index contributed by atoms with van der Waals surface area (Å²) in [6.45, 7) is 5.78. The molecule has 4 aromatic rings. The van der Waals surface area contributed by atoms with Gasteiger partial charge in [-0.05, 0) is 59.5 Å². The zero-order valence-corrected chi connectivity index (χ0v) is 19.2. The zero-order valence-electron chi connectivity index (χ0n) is 19.2. The number of amides is 3. The lowest BCUT2D eigenvalue weighted by Gasteiger charge is -2.36. The molecule has 0 heterocycles. The van der Waals surface area contributed by atoms with Crippen molar-refractivity contribution in [1.82, 2.24) is 10.2 Å². The molecule has 0 fully saturated rings. The maximum atomic E-state index is 13.5. The highest BCUT2D eigenvalue weighted by Crippen LogP contribution is 2.36. The molecule has 33 heavy (non-hydrogen) atoms. The number of hydrogen-bond donors (Lipinski definition) is 1. The average Bonchev–Trinajstić information content (AvgIpc) is 2.83. The van der Waals surface area contributed by atoms with Gasteiger partial charge in [0.1, 0.15) is 0 Å². The molecule has 0 aromatic heterocycles. The van der Waals surface area contributed by atoms with E-state index in [1.165, 1.54) is 6.08 Å². The normalized spacial score (nSPS) is 13.2. The maximum absolute atomic E-state index is 13.5. The van der Waals surface area contributed by atoms with Gasteiger partial charge in [-0.3, -0.25) is 10.1 Å². The van der Waals surface area contributed by atoms with Gasteiger partial charge in [-0.25, -0.2) is 4.79 Å². The number of carbonyl (C=O) groups is 2. The number of imide groups is 1. The molecule has 1 N–H and O–H groups in total. The van der Waals surface area contributed by atoms with Crippen molar-refractivity contribution in [2.24, 2.45) is 0 Å². The molecule has 0 bridgehead atoms. The van der Waals surface area contributed by atoms with Crippen molar-refractivity contribution in [2.75, 3.05) is 0 Å². The van der Waals surface area contributed by atoms with Gasteiger partial charge < -0.3 is 4.90 Å². The van der Waals surface area contributed by atoms with Crippen LogP contribution in [0.4, 0.5) is 4.79 Å². The van der Waals surface area contributed by atoms with Crippen LogP contribution in [0.3, 0.4) is 0 Å². The summed E-state index contributed by atoms with van der Waals surface area (Å²) in [6, 6.07) is 27.6. The largest absolute Gasteiger partial charge is 0.325 e. The smallest absolute Gasteiger partial charge is 0.311 e. The topological polar surface area (TPSA) is 49.4 Å². The highest BCUT2D eigenvalue weighted by molar-refractivity contribution is 6.00. The predicted octanol–water partition coefficient (Wildman–Crippen LogP) is 6.93. The van der Waals surface area contributed by atoms with Crippen molar-refractivity contribution in [3.8, 4) is 0 Å². The number of nitrogens with zero attached hydrogens (tertiary/aromatic N) is 1. The molecule has 2 atom stereocenters. The number of benzene rings is 4. The van der Waals surface area contributed by atoms with Gasteiger partial charge in [-0.2, -0.15) is 0 Å². The third-order valence-corrected chi connectivity index (χ3v) is 6.16. The Labute approximate surface area is 194 Å². The van der Waals surface area contributed by atoms with Gasteiger partial charge in [0.05, 0.1) is 12.1 Å². The second-order valence-electron chi connectivity index (χ2n) is 8.19. The van der Waals surface area contributed by atoms with Crippen molar-refractivity contribution in [1.29, 1.82) is 0 Å². The number of nitrogens with one attached hydrogen (secondary N) is 1. The van der Waals surface area contributed by atoms with Gasteiger partial charge in [0.2, 0.25) is 0 Å². The van der Waals surface area contributed by atoms with E-state index in [2.05, 4.69) is 53.8 Å². The Hall–Kier alpha value is -3.92. The first-order valence-electron chi connectivity index (χ1n) is 11.2. The zero-order chi connectivity index (χ0) is 23.4. The van der Waals surface area contributed by atoms with Crippen LogP contribution in [0.25, 0.3) is 21.5 Å². The van der Waals surface area contributed by atoms with Crippen molar-refractivity contribution < 1.29 is 9.59 Å². The first-order chi connectivity index (χ1) is 16.0. The first kappa shape index (κ1) is 22.3. The van der Waals surface area contributed by atoms with Crippen LogP contribution in [0.15, 0.2) is 97.1 Å². The molecule has 4 rings (SSSR count). The quantitative estimate of drug-likeness (QED) is 0.345. The molecule has 0 saturated heterocycles. The summed E-state index contributed by atoms with van der Waals surface area (Å²) < 4.78 is 0. The lowest BCUT2D eigenvalue weighted by molar-refractivity contribution is -0.115. The molecule has 4 nitrogen and oxygen atoms in total. The van der Waals surface area contributed by atoms with E-state index in [0.717, 1.165) is 32.7 Å². The molecule has 0 saturated carbocycles. The van der Waals surface area contributed by atoms with Gasteiger partial charge in [0, 0.05) is 0 Å². The molecule has 0 aliphatic rings. The Kier molecular flexibility index (Phi) is 6.55. The molecule has 166 valence electrons. The van der Waals surface area contributed by atoms with Crippen molar-refractivity contribution >= 4 is 33.5 Å². The summed E-state index contributed by atoms with van der Waals surface area (Å²) >= 11 is 0. The second-order valence-corrected chi connectivity index (χ2v) is 8.19. The third-order valence-electron chi connectivity index (χ3n) is 6.16. The van der Waals surface area contributed by atoms with Crippen molar-refractivity contribution in [3.63, 3.8) is 0 Å². The fraction of sp³-hybridized carbons (Fsp3) is 0.172. The van der Waals surface area contributed by atoms with E-state index in [-0.39, 0.29) is 12.1 Å². The number of allylic oxidation sites excluding steroid dienone is 1. The molecule has 0 aliphatic heterocycles. The Balaban J connectivity index is 1.82. The maximum Gasteiger partial charge on any atom is 0.325 e. The Morgan fingerprint density at radius 3 is 1.67 bits per heavy atom. The molecular weight excluding hydrogens is 408 g/mol. The van der Waals surface area contributed by atoms with E-state index in [1.54, 1.807) is 17.9 Å². The highest BCUT2D eigenvalue weighted by Gasteiger charge is 2.30. The van der Waals surface area contributed by atoms with Gasteiger partial charge in [0.15, 0.2) is 0 Å². The van der Waals surface area contributed by atoms with Crippen LogP contribution in [0, 0.1) is 0 Å². The minimum Gasteiger partial charge on any atom is -0.311 e. The predicted molar refractivity (Wildman–Crippen MR) is 135 cm³/mol. The van der Waals surface area contributed by atoms with E-state index in [0.29, 0.717) is 0 Å². The molecule has 0 radical (unpaired) electrons. The van der Waals surface area contributed by atoms with Gasteiger partial charge in [-0.1, -0.05) is 91.0 Å². The summed E-state index contributed by atoms with van der Waals surface area (Å²) in [7, 11) is 0. The fourth-order valence-corrected chi connectivity index (χ4v) is 4.58. The first-order valence-corrected chi connectivity index (χ1v) is 11.2. The minimum absolute atomic E-state index is 0.275. The molecule has 4 aromatic carbocycles. The fourth-order valence-electron chi connectivity index (χ4n) is 4.58. The number of urea groups is 1. The van der Waals surface area contributed by atoms with Crippen molar-refractivity contribution in [3.05, 3.63) is 108 Å². The number of hydrogen-bond acceptors (Lipinski definition) is 2. The van der Waals surface area contributed by atoms with E-state index < -0.39 is 11.9 Å². The molecule has 0 unspecified atom stereocenters. The third kappa shape index (κ3) is 4.51. The Morgan fingerprint density at radius 2 is 1.18 bits per heavy atom. The monoisotopic (exact) mass is 436 g/mol. The van der Waals surface area contributed by atoms with E-state index >= 15 is 0 Å². The van der Waals surface area contributed by atoms with E-state index in [9.17, 15) is 9.59 Å². The number of rotatable bonds is 5. The summed E-state index contributed by atoms with van der Waals surface area (Å²) in [4.78, 5) is 27.5. The second kappa shape index (κ2) is 9.70. The van der Waals surface area contributed by atoms with Crippen LogP contribution in [0.1, 0.15) is 44.0 Å². The van der Waals surface area contributed by atoms with E-state index in [1.807, 2.05) is 50.2 Å². The van der Waals surface area contributed by atoms with Crippen LogP contribution in [-0.4, -0.2) is 16.8 Å². The van der Waals surface area contributed by atoms with E-state index in [4.69, 9.17) is 0 Å². The van der Waals surface area contributed by atoms with Crippen LogP contribution in [0.2, 0.25) is 0 Å². The van der Waals surface area contributed by atoms with Crippen LogP contribution in [-0.2, 0) is 4.79 Å². The Bertz CT molecular complexity index is 1250. The lowest BCUT2D eigenvalue weighted by Crippen LogP contribution is -2.44. The van der Waals surface area contributed by atoms with Crippen molar-refractivity contribution in [2.45, 2.75) is 32.9 Å². The number of fused-ring (bicyclic) bond motifs is 2. The summed E-state index contributed by atoms with van der Waals surface area (Å²) in [5.74, 6) is -0.428. The molecule has 4 heteroatoms. The average molecular weight is 437 g/mol. The van der Waals surface area contributed by atoms with Gasteiger partial charge >= 0.3 is 6.03 Å².